The van der Waals surface area contributed by atoms with Crippen molar-refractivity contribution in [3.63, 3.8) is 0 Å². The molecule has 1 atom stereocenters. The lowest BCUT2D eigenvalue weighted by atomic mass is 10.00. The van der Waals surface area contributed by atoms with Crippen molar-refractivity contribution >= 4 is 11.6 Å². The quantitative estimate of drug-likeness (QED) is 0.935. The van der Waals surface area contributed by atoms with Crippen molar-refractivity contribution in [1.29, 1.82) is 0 Å². The van der Waals surface area contributed by atoms with Crippen LogP contribution in [0.3, 0.4) is 0 Å². The molecule has 21 heavy (non-hydrogen) atoms. The Labute approximate surface area is 125 Å². The molecule has 0 heterocycles. The number of benzene rings is 2. The topological polar surface area (TPSA) is 38.7 Å². The van der Waals surface area contributed by atoms with Crippen LogP contribution in [0, 0.1) is 11.6 Å². The van der Waals surface area contributed by atoms with Gasteiger partial charge in [-0.3, -0.25) is 0 Å². The highest BCUT2D eigenvalue weighted by molar-refractivity contribution is 6.32. The molecule has 0 amide bonds. The molecule has 6 heteroatoms. The fourth-order valence-electron chi connectivity index (χ4n) is 2.03. The Bertz CT molecular complexity index is 641. The maximum atomic E-state index is 13.7. The zero-order chi connectivity index (χ0) is 15.6. The SMILES string of the molecule is COc1cc(C(O)c2c(F)cccc2F)cc(Cl)c1OC. The molecule has 2 aromatic rings. The minimum atomic E-state index is -1.51. The van der Waals surface area contributed by atoms with Gasteiger partial charge in [0.15, 0.2) is 11.5 Å². The second-order valence-electron chi connectivity index (χ2n) is 4.28. The number of hydrogen-bond acceptors (Lipinski definition) is 3. The number of rotatable bonds is 4. The van der Waals surface area contributed by atoms with E-state index in [4.69, 9.17) is 21.1 Å². The Morgan fingerprint density at radius 1 is 1.10 bits per heavy atom. The van der Waals surface area contributed by atoms with Gasteiger partial charge < -0.3 is 14.6 Å². The van der Waals surface area contributed by atoms with Gasteiger partial charge in [-0.25, -0.2) is 8.78 Å². The summed E-state index contributed by atoms with van der Waals surface area (Å²) in [7, 11) is 2.81. The minimum Gasteiger partial charge on any atom is -0.493 e. The molecule has 112 valence electrons. The lowest BCUT2D eigenvalue weighted by molar-refractivity contribution is 0.208. The molecule has 1 unspecified atom stereocenters. The summed E-state index contributed by atoms with van der Waals surface area (Å²) < 4.78 is 37.6. The first-order valence-electron chi connectivity index (χ1n) is 6.03. The van der Waals surface area contributed by atoms with Crippen molar-refractivity contribution in [2.24, 2.45) is 0 Å². The first-order chi connectivity index (χ1) is 9.99. The average Bonchev–Trinajstić information content (AvgIpc) is 2.45. The molecule has 0 bridgehead atoms. The first-order valence-corrected chi connectivity index (χ1v) is 6.40. The van der Waals surface area contributed by atoms with Crippen LogP contribution in [0.5, 0.6) is 11.5 Å². The zero-order valence-corrected chi connectivity index (χ0v) is 12.1. The van der Waals surface area contributed by atoms with E-state index in [-0.39, 0.29) is 22.1 Å². The third-order valence-electron chi connectivity index (χ3n) is 3.04. The van der Waals surface area contributed by atoms with Crippen LogP contribution in [0.25, 0.3) is 0 Å². The predicted octanol–water partition coefficient (Wildman–Crippen LogP) is 3.72. The number of halogens is 3. The standard InChI is InChI=1S/C15H13ClF2O3/c1-20-12-7-8(6-9(16)15(12)21-2)14(19)13-10(17)4-3-5-11(13)18/h3-7,14,19H,1-2H3. The maximum Gasteiger partial charge on any atom is 0.179 e. The molecule has 0 saturated heterocycles. The zero-order valence-electron chi connectivity index (χ0n) is 11.4. The smallest absolute Gasteiger partial charge is 0.179 e. The monoisotopic (exact) mass is 314 g/mol. The van der Waals surface area contributed by atoms with Crippen molar-refractivity contribution in [2.75, 3.05) is 14.2 Å². The molecular weight excluding hydrogens is 302 g/mol. The molecule has 2 aromatic carbocycles. The fourth-order valence-corrected chi connectivity index (χ4v) is 2.33. The molecule has 0 radical (unpaired) electrons. The third kappa shape index (κ3) is 2.94. The largest absolute Gasteiger partial charge is 0.493 e. The van der Waals surface area contributed by atoms with Crippen LogP contribution in [0.2, 0.25) is 5.02 Å². The van der Waals surface area contributed by atoms with E-state index in [1.807, 2.05) is 0 Å². The summed E-state index contributed by atoms with van der Waals surface area (Å²) in [5.41, 5.74) is -0.248. The Kier molecular flexibility index (Phi) is 4.65. The van der Waals surface area contributed by atoms with E-state index in [9.17, 15) is 13.9 Å². The molecule has 3 nitrogen and oxygen atoms in total. The van der Waals surface area contributed by atoms with E-state index >= 15 is 0 Å². The number of hydrogen-bond donors (Lipinski definition) is 1. The summed E-state index contributed by atoms with van der Waals surface area (Å²) >= 11 is 6.02. The van der Waals surface area contributed by atoms with Crippen LogP contribution in [-0.4, -0.2) is 19.3 Å². The molecule has 1 N–H and O–H groups in total. The van der Waals surface area contributed by atoms with Gasteiger partial charge in [0.1, 0.15) is 17.7 Å². The van der Waals surface area contributed by atoms with Gasteiger partial charge in [0, 0.05) is 0 Å². The maximum absolute atomic E-state index is 13.7. The number of aliphatic hydroxyl groups excluding tert-OH is 1. The highest BCUT2D eigenvalue weighted by Crippen LogP contribution is 2.39. The Balaban J connectivity index is 2.54. The normalized spacial score (nSPS) is 12.1. The fraction of sp³-hybridized carbons (Fsp3) is 0.200. The second-order valence-corrected chi connectivity index (χ2v) is 4.68. The van der Waals surface area contributed by atoms with Gasteiger partial charge in [-0.1, -0.05) is 17.7 Å². The first kappa shape index (κ1) is 15.5. The van der Waals surface area contributed by atoms with E-state index in [0.29, 0.717) is 0 Å². The van der Waals surface area contributed by atoms with Crippen molar-refractivity contribution in [2.45, 2.75) is 6.10 Å². The van der Waals surface area contributed by atoms with Crippen molar-refractivity contribution in [3.05, 3.63) is 58.1 Å². The van der Waals surface area contributed by atoms with Gasteiger partial charge in [-0.05, 0) is 29.8 Å². The van der Waals surface area contributed by atoms with Crippen LogP contribution in [0.4, 0.5) is 8.78 Å². The third-order valence-corrected chi connectivity index (χ3v) is 3.33. The molecule has 0 fully saturated rings. The summed E-state index contributed by atoms with van der Waals surface area (Å²) in [4.78, 5) is 0. The van der Waals surface area contributed by atoms with Gasteiger partial charge >= 0.3 is 0 Å². The number of ether oxygens (including phenoxy) is 2. The summed E-state index contributed by atoms with van der Waals surface area (Å²) in [6.45, 7) is 0. The van der Waals surface area contributed by atoms with Gasteiger partial charge in [0.25, 0.3) is 0 Å². The second kappa shape index (κ2) is 6.28. The summed E-state index contributed by atoms with van der Waals surface area (Å²) in [5.74, 6) is -1.14. The van der Waals surface area contributed by atoms with Crippen LogP contribution >= 0.6 is 11.6 Å². The average molecular weight is 315 g/mol. The molecular formula is C15H13ClF2O3. The minimum absolute atomic E-state index is 0.169. The van der Waals surface area contributed by atoms with Crippen LogP contribution < -0.4 is 9.47 Å². The van der Waals surface area contributed by atoms with Gasteiger partial charge in [-0.2, -0.15) is 0 Å². The van der Waals surface area contributed by atoms with Crippen LogP contribution in [0.15, 0.2) is 30.3 Å². The molecule has 2 rings (SSSR count). The lowest BCUT2D eigenvalue weighted by Crippen LogP contribution is -2.06. The Hall–Kier alpha value is -1.85. The summed E-state index contributed by atoms with van der Waals surface area (Å²) in [6, 6.07) is 6.16. The van der Waals surface area contributed by atoms with Crippen molar-refractivity contribution in [1.82, 2.24) is 0 Å². The summed E-state index contributed by atoms with van der Waals surface area (Å²) in [6.07, 6.45) is -1.51. The van der Waals surface area contributed by atoms with Gasteiger partial charge in [-0.15, -0.1) is 0 Å². The van der Waals surface area contributed by atoms with Gasteiger partial charge in [0.05, 0.1) is 24.8 Å². The molecule has 0 aliphatic heterocycles. The van der Waals surface area contributed by atoms with Crippen molar-refractivity contribution in [3.8, 4) is 11.5 Å². The van der Waals surface area contributed by atoms with Crippen LogP contribution in [0.1, 0.15) is 17.2 Å². The van der Waals surface area contributed by atoms with E-state index < -0.39 is 23.3 Å². The molecule has 0 saturated carbocycles. The molecule has 0 spiro atoms. The highest BCUT2D eigenvalue weighted by atomic mass is 35.5. The van der Waals surface area contributed by atoms with E-state index in [1.54, 1.807) is 0 Å². The summed E-state index contributed by atoms with van der Waals surface area (Å²) in [5, 5.41) is 10.4. The van der Waals surface area contributed by atoms with Gasteiger partial charge in [0.2, 0.25) is 0 Å². The number of aliphatic hydroxyl groups is 1. The molecule has 0 aliphatic carbocycles. The Morgan fingerprint density at radius 2 is 1.71 bits per heavy atom. The lowest BCUT2D eigenvalue weighted by Gasteiger charge is -2.16. The van der Waals surface area contributed by atoms with E-state index in [1.165, 1.54) is 32.4 Å². The van der Waals surface area contributed by atoms with E-state index in [0.717, 1.165) is 12.1 Å². The number of methoxy groups -OCH3 is 2. The van der Waals surface area contributed by atoms with Crippen LogP contribution in [-0.2, 0) is 0 Å². The Morgan fingerprint density at radius 3 is 2.24 bits per heavy atom. The molecule has 0 aromatic heterocycles. The van der Waals surface area contributed by atoms with Crippen molar-refractivity contribution < 1.29 is 23.4 Å². The molecule has 0 aliphatic rings. The highest BCUT2D eigenvalue weighted by Gasteiger charge is 2.22. The van der Waals surface area contributed by atoms with E-state index in [2.05, 4.69) is 0 Å². The predicted molar refractivity (Wildman–Crippen MR) is 75.0 cm³/mol.